The van der Waals surface area contributed by atoms with Crippen molar-refractivity contribution >= 4 is 11.3 Å². The molecule has 0 fully saturated rings. The Balaban J connectivity index is 2.42. The third kappa shape index (κ3) is 3.83. The van der Waals surface area contributed by atoms with Crippen LogP contribution < -0.4 is 10.5 Å². The number of benzene rings is 1. The van der Waals surface area contributed by atoms with Gasteiger partial charge in [-0.2, -0.15) is 0 Å². The van der Waals surface area contributed by atoms with Crippen LogP contribution in [0.3, 0.4) is 0 Å². The van der Waals surface area contributed by atoms with Crippen LogP contribution in [0.1, 0.15) is 44.7 Å². The smallest absolute Gasteiger partial charge is 0.124 e. The maximum atomic E-state index is 6.30. The molecule has 0 spiro atoms. The lowest BCUT2D eigenvalue weighted by Gasteiger charge is -2.17. The van der Waals surface area contributed by atoms with Gasteiger partial charge in [0.1, 0.15) is 10.8 Å². The highest BCUT2D eigenvalue weighted by atomic mass is 32.1. The molecule has 1 aromatic carbocycles. The number of thiazole rings is 1. The minimum absolute atomic E-state index is 0.349. The van der Waals surface area contributed by atoms with Crippen molar-refractivity contribution in [3.05, 3.63) is 34.8 Å². The first-order valence-electron chi connectivity index (χ1n) is 7.48. The Hall–Kier alpha value is -1.39. The maximum absolute atomic E-state index is 6.30. The van der Waals surface area contributed by atoms with E-state index in [1.807, 2.05) is 39.0 Å². The monoisotopic (exact) mass is 304 g/mol. The average molecular weight is 304 g/mol. The summed E-state index contributed by atoms with van der Waals surface area (Å²) in [6, 6.07) is 8.10. The van der Waals surface area contributed by atoms with E-state index >= 15 is 0 Å². The standard InChI is InChI=1S/C17H24N2OS/c1-5-8-14-15(17(3,4)18)21-16(19-14)12-9-7-10-13(11-12)20-6-2/h7,9-11H,5-6,8,18H2,1-4H3. The van der Waals surface area contributed by atoms with Crippen LogP contribution in [0, 0.1) is 0 Å². The SMILES string of the molecule is CCCc1nc(-c2cccc(OCC)c2)sc1C(C)(C)N. The quantitative estimate of drug-likeness (QED) is 0.863. The van der Waals surface area contributed by atoms with Gasteiger partial charge in [0.2, 0.25) is 0 Å². The van der Waals surface area contributed by atoms with Gasteiger partial charge in [-0.05, 0) is 39.3 Å². The van der Waals surface area contributed by atoms with Gasteiger partial charge in [0.15, 0.2) is 0 Å². The number of nitrogens with zero attached hydrogens (tertiary/aromatic N) is 1. The molecule has 1 aromatic heterocycles. The van der Waals surface area contributed by atoms with Gasteiger partial charge in [-0.25, -0.2) is 4.98 Å². The van der Waals surface area contributed by atoms with Crippen molar-refractivity contribution < 1.29 is 4.74 Å². The number of aryl methyl sites for hydroxylation is 1. The van der Waals surface area contributed by atoms with Crippen molar-refractivity contribution in [1.29, 1.82) is 0 Å². The van der Waals surface area contributed by atoms with Gasteiger partial charge >= 0.3 is 0 Å². The van der Waals surface area contributed by atoms with Crippen molar-refractivity contribution in [2.75, 3.05) is 6.61 Å². The Morgan fingerprint density at radius 2 is 2.05 bits per heavy atom. The summed E-state index contributed by atoms with van der Waals surface area (Å²) in [5.74, 6) is 0.885. The Morgan fingerprint density at radius 3 is 2.67 bits per heavy atom. The molecule has 2 N–H and O–H groups in total. The normalized spacial score (nSPS) is 11.7. The number of aromatic nitrogens is 1. The predicted molar refractivity (Wildman–Crippen MR) is 89.9 cm³/mol. The van der Waals surface area contributed by atoms with Gasteiger partial charge in [-0.1, -0.05) is 25.5 Å². The van der Waals surface area contributed by atoms with Crippen molar-refractivity contribution in [2.45, 2.75) is 46.1 Å². The molecule has 114 valence electrons. The van der Waals surface area contributed by atoms with Crippen molar-refractivity contribution in [3.63, 3.8) is 0 Å². The lowest BCUT2D eigenvalue weighted by molar-refractivity contribution is 0.340. The molecule has 0 amide bonds. The zero-order valence-corrected chi connectivity index (χ0v) is 14.1. The third-order valence-corrected chi connectivity index (χ3v) is 4.65. The molecule has 0 aliphatic carbocycles. The summed E-state index contributed by atoms with van der Waals surface area (Å²) >= 11 is 1.69. The molecule has 0 bridgehead atoms. The second-order valence-electron chi connectivity index (χ2n) is 5.73. The van der Waals surface area contributed by atoms with Crippen molar-refractivity contribution in [1.82, 2.24) is 4.98 Å². The van der Waals surface area contributed by atoms with E-state index in [4.69, 9.17) is 15.5 Å². The van der Waals surface area contributed by atoms with Gasteiger partial charge in [-0.15, -0.1) is 11.3 Å². The molecular weight excluding hydrogens is 280 g/mol. The molecule has 0 saturated heterocycles. The molecule has 1 heterocycles. The molecule has 2 aromatic rings. The van der Waals surface area contributed by atoms with Crippen molar-refractivity contribution in [2.24, 2.45) is 5.73 Å². The highest BCUT2D eigenvalue weighted by Crippen LogP contribution is 2.35. The van der Waals surface area contributed by atoms with Gasteiger partial charge in [0, 0.05) is 16.0 Å². The van der Waals surface area contributed by atoms with E-state index in [9.17, 15) is 0 Å². The van der Waals surface area contributed by atoms with Gasteiger partial charge < -0.3 is 10.5 Å². The fraction of sp³-hybridized carbons (Fsp3) is 0.471. The first kappa shape index (κ1) is 16.0. The number of hydrogen-bond acceptors (Lipinski definition) is 4. The highest BCUT2D eigenvalue weighted by molar-refractivity contribution is 7.15. The average Bonchev–Trinajstić information content (AvgIpc) is 2.84. The zero-order valence-electron chi connectivity index (χ0n) is 13.3. The number of rotatable bonds is 6. The summed E-state index contributed by atoms with van der Waals surface area (Å²) in [4.78, 5) is 6.00. The summed E-state index contributed by atoms with van der Waals surface area (Å²) in [7, 11) is 0. The van der Waals surface area contributed by atoms with Gasteiger partial charge in [0.05, 0.1) is 12.3 Å². The van der Waals surface area contributed by atoms with E-state index in [0.717, 1.165) is 34.9 Å². The number of ether oxygens (including phenoxy) is 1. The number of nitrogens with two attached hydrogens (primary N) is 1. The van der Waals surface area contributed by atoms with Crippen LogP contribution in [0.4, 0.5) is 0 Å². The lowest BCUT2D eigenvalue weighted by Crippen LogP contribution is -2.28. The molecule has 4 heteroatoms. The van der Waals surface area contributed by atoms with Crippen LogP contribution in [-0.2, 0) is 12.0 Å². The lowest BCUT2D eigenvalue weighted by atomic mass is 10.0. The Kier molecular flexibility index (Phi) is 5.01. The number of hydrogen-bond donors (Lipinski definition) is 1. The fourth-order valence-electron chi connectivity index (χ4n) is 2.27. The van der Waals surface area contributed by atoms with Crippen LogP contribution in [0.15, 0.2) is 24.3 Å². The van der Waals surface area contributed by atoms with Crippen LogP contribution in [0.25, 0.3) is 10.6 Å². The van der Waals surface area contributed by atoms with Crippen LogP contribution in [0.2, 0.25) is 0 Å². The summed E-state index contributed by atoms with van der Waals surface area (Å²) in [5.41, 5.74) is 8.18. The van der Waals surface area contributed by atoms with E-state index in [1.165, 1.54) is 4.88 Å². The molecule has 0 unspecified atom stereocenters. The van der Waals surface area contributed by atoms with Gasteiger partial charge in [0.25, 0.3) is 0 Å². The Bertz CT molecular complexity index is 599. The third-order valence-electron chi connectivity index (χ3n) is 3.16. The second kappa shape index (κ2) is 6.58. The summed E-state index contributed by atoms with van der Waals surface area (Å²) in [5, 5.41) is 1.02. The van der Waals surface area contributed by atoms with E-state index < -0.39 is 0 Å². The molecule has 3 nitrogen and oxygen atoms in total. The van der Waals surface area contributed by atoms with Crippen molar-refractivity contribution in [3.8, 4) is 16.3 Å². The van der Waals surface area contributed by atoms with Crippen LogP contribution in [-0.4, -0.2) is 11.6 Å². The van der Waals surface area contributed by atoms with Crippen LogP contribution in [0.5, 0.6) is 5.75 Å². The summed E-state index contributed by atoms with van der Waals surface area (Å²) in [6.45, 7) is 8.91. The molecule has 21 heavy (non-hydrogen) atoms. The molecule has 0 saturated carbocycles. The molecule has 0 atom stereocenters. The molecule has 2 rings (SSSR count). The molecular formula is C17H24N2OS. The Morgan fingerprint density at radius 1 is 1.29 bits per heavy atom. The largest absolute Gasteiger partial charge is 0.494 e. The van der Waals surface area contributed by atoms with Gasteiger partial charge in [-0.3, -0.25) is 0 Å². The minimum Gasteiger partial charge on any atom is -0.494 e. The van der Waals surface area contributed by atoms with E-state index in [2.05, 4.69) is 13.0 Å². The molecule has 0 aliphatic heterocycles. The topological polar surface area (TPSA) is 48.1 Å². The van der Waals surface area contributed by atoms with E-state index in [-0.39, 0.29) is 5.54 Å². The summed E-state index contributed by atoms with van der Waals surface area (Å²) < 4.78 is 5.57. The Labute approximate surface area is 131 Å². The fourth-order valence-corrected chi connectivity index (χ4v) is 3.39. The second-order valence-corrected chi connectivity index (χ2v) is 6.73. The first-order chi connectivity index (χ1) is 9.95. The minimum atomic E-state index is -0.349. The summed E-state index contributed by atoms with van der Waals surface area (Å²) in [6.07, 6.45) is 2.04. The predicted octanol–water partition coefficient (Wildman–Crippen LogP) is 4.36. The molecule has 0 radical (unpaired) electrons. The van der Waals surface area contributed by atoms with E-state index in [0.29, 0.717) is 6.61 Å². The van der Waals surface area contributed by atoms with Crippen LogP contribution >= 0.6 is 11.3 Å². The zero-order chi connectivity index (χ0) is 15.5. The maximum Gasteiger partial charge on any atom is 0.124 e. The highest BCUT2D eigenvalue weighted by Gasteiger charge is 2.23. The first-order valence-corrected chi connectivity index (χ1v) is 8.29. The van der Waals surface area contributed by atoms with E-state index in [1.54, 1.807) is 11.3 Å². The molecule has 0 aliphatic rings.